The van der Waals surface area contributed by atoms with Crippen LogP contribution in [-0.4, -0.2) is 22.1 Å². The summed E-state index contributed by atoms with van der Waals surface area (Å²) in [7, 11) is 1.63. The van der Waals surface area contributed by atoms with Crippen molar-refractivity contribution >= 4 is 11.6 Å². The Morgan fingerprint density at radius 1 is 1.12 bits per heavy atom. The van der Waals surface area contributed by atoms with Crippen molar-refractivity contribution in [2.45, 2.75) is 19.6 Å². The van der Waals surface area contributed by atoms with Crippen LogP contribution in [0.3, 0.4) is 0 Å². The largest absolute Gasteiger partial charge is 0.493 e. The van der Waals surface area contributed by atoms with Crippen molar-refractivity contribution in [2.24, 2.45) is 0 Å². The Labute approximate surface area is 157 Å². The number of aromatic nitrogens is 3. The van der Waals surface area contributed by atoms with Gasteiger partial charge in [-0.05, 0) is 41.8 Å². The van der Waals surface area contributed by atoms with E-state index in [1.54, 1.807) is 11.8 Å². The van der Waals surface area contributed by atoms with Gasteiger partial charge in [-0.15, -0.1) is 11.7 Å². The molecule has 5 nitrogen and oxygen atoms in total. The lowest BCUT2D eigenvalue weighted by Crippen LogP contribution is -2.00. The standard InChI is InChI=1S/C20H20ClN3O2/c1-3-4-15-7-10-19(20(11-15)25-2)26-14-18-13-24(23-22-18)12-16-5-8-17(21)9-6-16/h3,5-11,13H,1,4,12,14H2,2H3. The summed E-state index contributed by atoms with van der Waals surface area (Å²) in [6, 6.07) is 13.5. The monoisotopic (exact) mass is 369 g/mol. The van der Waals surface area contributed by atoms with E-state index in [1.165, 1.54) is 0 Å². The number of hydrogen-bond donors (Lipinski definition) is 0. The van der Waals surface area contributed by atoms with E-state index >= 15 is 0 Å². The Kier molecular flexibility index (Phi) is 5.92. The number of benzene rings is 2. The van der Waals surface area contributed by atoms with Crippen molar-refractivity contribution in [1.82, 2.24) is 15.0 Å². The van der Waals surface area contributed by atoms with Gasteiger partial charge in [-0.2, -0.15) is 0 Å². The van der Waals surface area contributed by atoms with Gasteiger partial charge in [0.05, 0.1) is 19.9 Å². The molecule has 0 fully saturated rings. The summed E-state index contributed by atoms with van der Waals surface area (Å²) in [5, 5.41) is 9.01. The summed E-state index contributed by atoms with van der Waals surface area (Å²) in [5.41, 5.74) is 2.97. The lowest BCUT2D eigenvalue weighted by atomic mass is 10.1. The quantitative estimate of drug-likeness (QED) is 0.555. The first-order valence-corrected chi connectivity index (χ1v) is 8.60. The highest BCUT2D eigenvalue weighted by molar-refractivity contribution is 6.30. The molecular weight excluding hydrogens is 350 g/mol. The fourth-order valence-electron chi connectivity index (χ4n) is 2.54. The van der Waals surface area contributed by atoms with Crippen molar-refractivity contribution in [2.75, 3.05) is 7.11 Å². The van der Waals surface area contributed by atoms with E-state index in [9.17, 15) is 0 Å². The maximum Gasteiger partial charge on any atom is 0.161 e. The Morgan fingerprint density at radius 2 is 1.88 bits per heavy atom. The van der Waals surface area contributed by atoms with Crippen LogP contribution in [0.25, 0.3) is 0 Å². The summed E-state index contributed by atoms with van der Waals surface area (Å²) in [5.74, 6) is 1.37. The number of nitrogens with zero attached hydrogens (tertiary/aromatic N) is 3. The van der Waals surface area contributed by atoms with Crippen LogP contribution in [0.5, 0.6) is 11.5 Å². The Bertz CT molecular complexity index is 875. The predicted molar refractivity (Wildman–Crippen MR) is 102 cm³/mol. The highest BCUT2D eigenvalue weighted by Crippen LogP contribution is 2.29. The van der Waals surface area contributed by atoms with E-state index in [-0.39, 0.29) is 0 Å². The van der Waals surface area contributed by atoms with Crippen LogP contribution in [0.15, 0.2) is 61.3 Å². The average Bonchev–Trinajstić information content (AvgIpc) is 3.10. The van der Waals surface area contributed by atoms with Gasteiger partial charge in [0.25, 0.3) is 0 Å². The van der Waals surface area contributed by atoms with E-state index in [0.29, 0.717) is 24.7 Å². The fraction of sp³-hybridized carbons (Fsp3) is 0.200. The second kappa shape index (κ2) is 8.54. The molecule has 2 aromatic carbocycles. The molecule has 3 rings (SSSR count). The Morgan fingerprint density at radius 3 is 2.62 bits per heavy atom. The first-order chi connectivity index (χ1) is 12.7. The predicted octanol–water partition coefficient (Wildman–Crippen LogP) is 4.30. The van der Waals surface area contributed by atoms with Crippen molar-refractivity contribution in [1.29, 1.82) is 0 Å². The molecule has 3 aromatic rings. The maximum atomic E-state index is 5.90. The number of hydrogen-bond acceptors (Lipinski definition) is 4. The Hall–Kier alpha value is -2.79. The molecule has 0 aliphatic carbocycles. The van der Waals surface area contributed by atoms with Crippen molar-refractivity contribution < 1.29 is 9.47 Å². The van der Waals surface area contributed by atoms with Gasteiger partial charge in [0.15, 0.2) is 11.5 Å². The van der Waals surface area contributed by atoms with Crippen LogP contribution in [0.2, 0.25) is 5.02 Å². The molecule has 1 heterocycles. The molecular formula is C20H20ClN3O2. The first kappa shape index (κ1) is 18.0. The zero-order valence-electron chi connectivity index (χ0n) is 14.6. The van der Waals surface area contributed by atoms with E-state index < -0.39 is 0 Å². The van der Waals surface area contributed by atoms with Crippen LogP contribution >= 0.6 is 11.6 Å². The Balaban J connectivity index is 1.62. The van der Waals surface area contributed by atoms with Crippen LogP contribution < -0.4 is 9.47 Å². The third-order valence-electron chi connectivity index (χ3n) is 3.83. The lowest BCUT2D eigenvalue weighted by molar-refractivity contribution is 0.280. The van der Waals surface area contributed by atoms with Crippen molar-refractivity contribution in [3.05, 3.63) is 83.2 Å². The van der Waals surface area contributed by atoms with Gasteiger partial charge in [-0.1, -0.05) is 41.1 Å². The van der Waals surface area contributed by atoms with E-state index in [1.807, 2.05) is 54.7 Å². The normalized spacial score (nSPS) is 10.5. The smallest absolute Gasteiger partial charge is 0.161 e. The van der Waals surface area contributed by atoms with Gasteiger partial charge in [0.1, 0.15) is 12.3 Å². The molecule has 0 spiro atoms. The van der Waals surface area contributed by atoms with Crippen LogP contribution in [0.4, 0.5) is 0 Å². The second-order valence-corrected chi connectivity index (χ2v) is 6.24. The van der Waals surface area contributed by atoms with Crippen LogP contribution in [-0.2, 0) is 19.6 Å². The molecule has 1 aromatic heterocycles. The minimum absolute atomic E-state index is 0.317. The average molecular weight is 370 g/mol. The van der Waals surface area contributed by atoms with Gasteiger partial charge in [-0.3, -0.25) is 0 Å². The summed E-state index contributed by atoms with van der Waals surface area (Å²) < 4.78 is 13.0. The van der Waals surface area contributed by atoms with Crippen LogP contribution in [0, 0.1) is 0 Å². The molecule has 0 radical (unpaired) electrons. The maximum absolute atomic E-state index is 5.90. The van der Waals surface area contributed by atoms with Gasteiger partial charge < -0.3 is 9.47 Å². The molecule has 0 atom stereocenters. The number of allylic oxidation sites excluding steroid dienone is 1. The topological polar surface area (TPSA) is 49.2 Å². The molecule has 0 saturated carbocycles. The lowest BCUT2D eigenvalue weighted by Gasteiger charge is -2.10. The van der Waals surface area contributed by atoms with Gasteiger partial charge in [0.2, 0.25) is 0 Å². The van der Waals surface area contributed by atoms with Gasteiger partial charge in [0, 0.05) is 5.02 Å². The van der Waals surface area contributed by atoms with Crippen LogP contribution in [0.1, 0.15) is 16.8 Å². The molecule has 0 aliphatic heterocycles. The summed E-state index contributed by atoms with van der Waals surface area (Å²) in [6.45, 7) is 4.70. The van der Waals surface area contributed by atoms with Gasteiger partial charge in [-0.25, -0.2) is 4.68 Å². The molecule has 0 bridgehead atoms. The van der Waals surface area contributed by atoms with E-state index in [4.69, 9.17) is 21.1 Å². The summed E-state index contributed by atoms with van der Waals surface area (Å²) >= 11 is 5.90. The number of halogens is 1. The van der Waals surface area contributed by atoms with E-state index in [2.05, 4.69) is 16.9 Å². The van der Waals surface area contributed by atoms with Crippen molar-refractivity contribution in [3.8, 4) is 11.5 Å². The first-order valence-electron chi connectivity index (χ1n) is 8.22. The molecule has 0 N–H and O–H groups in total. The summed E-state index contributed by atoms with van der Waals surface area (Å²) in [6.07, 6.45) is 4.51. The summed E-state index contributed by atoms with van der Waals surface area (Å²) in [4.78, 5) is 0. The minimum Gasteiger partial charge on any atom is -0.493 e. The molecule has 134 valence electrons. The van der Waals surface area contributed by atoms with Crippen molar-refractivity contribution in [3.63, 3.8) is 0 Å². The molecule has 0 aliphatic rings. The SMILES string of the molecule is C=CCc1ccc(OCc2cn(Cc3ccc(Cl)cc3)nn2)c(OC)c1. The molecule has 0 saturated heterocycles. The third-order valence-corrected chi connectivity index (χ3v) is 4.08. The number of rotatable bonds is 8. The zero-order valence-corrected chi connectivity index (χ0v) is 15.3. The minimum atomic E-state index is 0.317. The van der Waals surface area contributed by atoms with E-state index in [0.717, 1.165) is 28.3 Å². The molecule has 0 amide bonds. The highest BCUT2D eigenvalue weighted by atomic mass is 35.5. The highest BCUT2D eigenvalue weighted by Gasteiger charge is 2.08. The molecule has 0 unspecified atom stereocenters. The van der Waals surface area contributed by atoms with Gasteiger partial charge >= 0.3 is 0 Å². The number of ether oxygens (including phenoxy) is 2. The molecule has 26 heavy (non-hydrogen) atoms. The molecule has 6 heteroatoms. The fourth-order valence-corrected chi connectivity index (χ4v) is 2.66. The second-order valence-electron chi connectivity index (χ2n) is 5.80. The zero-order chi connectivity index (χ0) is 18.4. The third kappa shape index (κ3) is 4.64. The number of methoxy groups -OCH3 is 1.